The number of hydrogen-bond acceptors (Lipinski definition) is 5. The molecule has 30 heavy (non-hydrogen) atoms. The first-order chi connectivity index (χ1) is 14.5. The molecule has 4 rings (SSSR count). The maximum Gasteiger partial charge on any atom is 0.260 e. The van der Waals surface area contributed by atoms with Crippen molar-refractivity contribution in [3.63, 3.8) is 0 Å². The zero-order chi connectivity index (χ0) is 21.1. The van der Waals surface area contributed by atoms with Crippen molar-refractivity contribution in [1.82, 2.24) is 5.32 Å². The average Bonchev–Trinajstić information content (AvgIpc) is 3.26. The van der Waals surface area contributed by atoms with Gasteiger partial charge in [0.05, 0.1) is 17.1 Å². The van der Waals surface area contributed by atoms with Gasteiger partial charge in [0.2, 0.25) is 5.43 Å². The number of aryl methyl sites for hydroxylation is 1. The minimum absolute atomic E-state index is 0.0814. The fourth-order valence-electron chi connectivity index (χ4n) is 3.72. The van der Waals surface area contributed by atoms with Crippen LogP contribution in [0.25, 0.3) is 22.1 Å². The predicted octanol–water partition coefficient (Wildman–Crippen LogP) is 3.83. The van der Waals surface area contributed by atoms with E-state index in [9.17, 15) is 9.59 Å². The van der Waals surface area contributed by atoms with E-state index >= 15 is 0 Å². The maximum atomic E-state index is 13.0. The first kappa shape index (κ1) is 20.2. The van der Waals surface area contributed by atoms with E-state index in [4.69, 9.17) is 13.9 Å². The monoisotopic (exact) mass is 407 g/mol. The Morgan fingerprint density at radius 2 is 2.03 bits per heavy atom. The lowest BCUT2D eigenvalue weighted by Gasteiger charge is -2.17. The second-order valence-corrected chi connectivity index (χ2v) is 7.53. The van der Waals surface area contributed by atoms with Crippen molar-refractivity contribution >= 4 is 16.9 Å². The van der Waals surface area contributed by atoms with Crippen LogP contribution < -0.4 is 15.5 Å². The van der Waals surface area contributed by atoms with E-state index in [1.807, 2.05) is 30.3 Å². The standard InChI is InChI=1S/C24H25NO5/c1-15-22(17-7-4-3-5-8-17)23(26)20-11-10-18(13-21(20)30-15)29-16(2)24(27)25-14-19-9-6-12-28-19/h3-5,7-8,10-11,13,16,19H,6,9,12,14H2,1-2H3,(H,25,27)/t16-,19-/m0/s1. The third-order valence-electron chi connectivity index (χ3n) is 5.31. The molecule has 0 radical (unpaired) electrons. The van der Waals surface area contributed by atoms with Gasteiger partial charge in [0.25, 0.3) is 5.91 Å². The number of nitrogens with one attached hydrogen (secondary N) is 1. The van der Waals surface area contributed by atoms with Gasteiger partial charge in [-0.15, -0.1) is 0 Å². The van der Waals surface area contributed by atoms with Gasteiger partial charge < -0.3 is 19.2 Å². The molecular formula is C24H25NO5. The molecule has 0 spiro atoms. The summed E-state index contributed by atoms with van der Waals surface area (Å²) >= 11 is 0. The Balaban J connectivity index is 1.52. The zero-order valence-corrected chi connectivity index (χ0v) is 17.1. The summed E-state index contributed by atoms with van der Waals surface area (Å²) in [6, 6.07) is 14.5. The van der Waals surface area contributed by atoms with Gasteiger partial charge in [0.1, 0.15) is 17.1 Å². The minimum atomic E-state index is -0.680. The lowest BCUT2D eigenvalue weighted by molar-refractivity contribution is -0.127. The van der Waals surface area contributed by atoms with E-state index in [0.717, 1.165) is 25.0 Å². The first-order valence-electron chi connectivity index (χ1n) is 10.2. The average molecular weight is 407 g/mol. The van der Waals surface area contributed by atoms with E-state index in [1.165, 1.54) is 0 Å². The van der Waals surface area contributed by atoms with Crippen molar-refractivity contribution in [2.45, 2.75) is 38.9 Å². The van der Waals surface area contributed by atoms with Gasteiger partial charge in [-0.1, -0.05) is 30.3 Å². The highest BCUT2D eigenvalue weighted by molar-refractivity contribution is 5.84. The molecule has 0 bridgehead atoms. The molecule has 1 aromatic heterocycles. The molecule has 1 amide bonds. The minimum Gasteiger partial charge on any atom is -0.481 e. The summed E-state index contributed by atoms with van der Waals surface area (Å²) in [5.41, 5.74) is 1.72. The summed E-state index contributed by atoms with van der Waals surface area (Å²) < 4.78 is 17.2. The van der Waals surface area contributed by atoms with Crippen molar-refractivity contribution in [3.05, 3.63) is 64.5 Å². The molecule has 1 aliphatic heterocycles. The second-order valence-electron chi connectivity index (χ2n) is 7.53. The molecule has 2 aromatic carbocycles. The highest BCUT2D eigenvalue weighted by atomic mass is 16.5. The predicted molar refractivity (Wildman–Crippen MR) is 115 cm³/mol. The lowest BCUT2D eigenvalue weighted by Crippen LogP contribution is -2.40. The molecule has 0 aliphatic carbocycles. The van der Waals surface area contributed by atoms with Crippen LogP contribution in [0.15, 0.2) is 57.7 Å². The highest BCUT2D eigenvalue weighted by Gasteiger charge is 2.20. The van der Waals surface area contributed by atoms with Gasteiger partial charge in [-0.05, 0) is 44.4 Å². The van der Waals surface area contributed by atoms with Gasteiger partial charge in [-0.2, -0.15) is 0 Å². The second kappa shape index (κ2) is 8.71. The van der Waals surface area contributed by atoms with Crippen molar-refractivity contribution in [2.75, 3.05) is 13.2 Å². The van der Waals surface area contributed by atoms with Crippen molar-refractivity contribution in [3.8, 4) is 16.9 Å². The summed E-state index contributed by atoms with van der Waals surface area (Å²) in [7, 11) is 0. The Morgan fingerprint density at radius 1 is 1.23 bits per heavy atom. The molecule has 1 N–H and O–H groups in total. The van der Waals surface area contributed by atoms with Crippen LogP contribution in [0.2, 0.25) is 0 Å². The Hall–Kier alpha value is -3.12. The first-order valence-corrected chi connectivity index (χ1v) is 10.2. The van der Waals surface area contributed by atoms with E-state index in [2.05, 4.69) is 5.32 Å². The van der Waals surface area contributed by atoms with Crippen molar-refractivity contribution in [1.29, 1.82) is 0 Å². The number of benzene rings is 2. The van der Waals surface area contributed by atoms with Gasteiger partial charge in [0, 0.05) is 19.2 Å². The van der Waals surface area contributed by atoms with Crippen LogP contribution in [0, 0.1) is 6.92 Å². The number of rotatable bonds is 6. The molecule has 1 saturated heterocycles. The van der Waals surface area contributed by atoms with Crippen LogP contribution in [0.4, 0.5) is 0 Å². The number of amides is 1. The normalized spacial score (nSPS) is 17.1. The van der Waals surface area contributed by atoms with Gasteiger partial charge >= 0.3 is 0 Å². The van der Waals surface area contributed by atoms with Crippen molar-refractivity contribution in [2.24, 2.45) is 0 Å². The van der Waals surface area contributed by atoms with E-state index in [-0.39, 0.29) is 17.4 Å². The van der Waals surface area contributed by atoms with E-state index in [0.29, 0.717) is 34.6 Å². The largest absolute Gasteiger partial charge is 0.481 e. The van der Waals surface area contributed by atoms with Crippen LogP contribution in [-0.2, 0) is 9.53 Å². The van der Waals surface area contributed by atoms with Gasteiger partial charge in [0.15, 0.2) is 6.10 Å². The molecule has 1 fully saturated rings. The highest BCUT2D eigenvalue weighted by Crippen LogP contribution is 2.26. The zero-order valence-electron chi connectivity index (χ0n) is 17.1. The molecule has 6 heteroatoms. The van der Waals surface area contributed by atoms with Crippen LogP contribution in [0.1, 0.15) is 25.5 Å². The van der Waals surface area contributed by atoms with E-state index < -0.39 is 6.10 Å². The number of fused-ring (bicyclic) bond motifs is 1. The number of ether oxygens (including phenoxy) is 2. The van der Waals surface area contributed by atoms with Crippen molar-refractivity contribution < 1.29 is 18.7 Å². The number of carbonyl (C=O) groups excluding carboxylic acids is 1. The Bertz CT molecular complexity index is 1100. The summed E-state index contributed by atoms with van der Waals surface area (Å²) in [4.78, 5) is 25.3. The maximum absolute atomic E-state index is 13.0. The fourth-order valence-corrected chi connectivity index (χ4v) is 3.72. The van der Waals surface area contributed by atoms with Crippen LogP contribution >= 0.6 is 0 Å². The molecule has 0 saturated carbocycles. The lowest BCUT2D eigenvalue weighted by atomic mass is 10.0. The Labute approximate surface area is 174 Å². The molecule has 156 valence electrons. The van der Waals surface area contributed by atoms with Gasteiger partial charge in [-0.25, -0.2) is 0 Å². The van der Waals surface area contributed by atoms with Crippen LogP contribution in [0.3, 0.4) is 0 Å². The SMILES string of the molecule is Cc1oc2cc(O[C@@H](C)C(=O)NC[C@@H]3CCCO3)ccc2c(=O)c1-c1ccccc1. The van der Waals surface area contributed by atoms with Crippen LogP contribution in [-0.4, -0.2) is 31.3 Å². The third kappa shape index (κ3) is 4.24. The molecule has 0 unspecified atom stereocenters. The smallest absolute Gasteiger partial charge is 0.260 e. The topological polar surface area (TPSA) is 77.8 Å². The quantitative estimate of drug-likeness (QED) is 0.672. The summed E-state index contributed by atoms with van der Waals surface area (Å²) in [5.74, 6) is 0.804. The molecule has 6 nitrogen and oxygen atoms in total. The summed E-state index contributed by atoms with van der Waals surface area (Å²) in [6.45, 7) is 4.70. The molecule has 1 aliphatic rings. The Kier molecular flexibility index (Phi) is 5.86. The van der Waals surface area contributed by atoms with E-state index in [1.54, 1.807) is 32.0 Å². The number of hydrogen-bond donors (Lipinski definition) is 1. The van der Waals surface area contributed by atoms with Gasteiger partial charge in [-0.3, -0.25) is 9.59 Å². The molecule has 2 atom stereocenters. The molecular weight excluding hydrogens is 382 g/mol. The molecule has 3 aromatic rings. The third-order valence-corrected chi connectivity index (χ3v) is 5.31. The Morgan fingerprint density at radius 3 is 2.77 bits per heavy atom. The summed E-state index contributed by atoms with van der Waals surface area (Å²) in [6.07, 6.45) is 1.39. The molecule has 2 heterocycles. The fraction of sp³-hybridized carbons (Fsp3) is 0.333. The summed E-state index contributed by atoms with van der Waals surface area (Å²) in [5, 5.41) is 3.34. The number of carbonyl (C=O) groups is 1. The van der Waals surface area contributed by atoms with Crippen LogP contribution in [0.5, 0.6) is 5.75 Å².